The minimum Gasteiger partial charge on any atom is -0.213 e. The van der Waals surface area contributed by atoms with E-state index in [1.165, 1.54) is 25.7 Å². The monoisotopic (exact) mass is 317 g/mol. The highest BCUT2D eigenvalue weighted by Crippen LogP contribution is 2.71. The Morgan fingerprint density at radius 1 is 0.714 bits per heavy atom. The highest BCUT2D eigenvalue weighted by molar-refractivity contribution is 7.66. The fraction of sp³-hybridized carbons (Fsp3) is 1.00. The molecular formula is C17H38N2OP+. The zero-order valence-electron chi connectivity index (χ0n) is 15.5. The van der Waals surface area contributed by atoms with Crippen LogP contribution in [0.2, 0.25) is 0 Å². The van der Waals surface area contributed by atoms with Crippen molar-refractivity contribution in [2.45, 2.75) is 111 Å². The van der Waals surface area contributed by atoms with Crippen LogP contribution in [0.5, 0.6) is 0 Å². The highest BCUT2D eigenvalue weighted by Gasteiger charge is 2.60. The second-order valence-corrected chi connectivity index (χ2v) is 10.6. The molecule has 1 aliphatic rings. The van der Waals surface area contributed by atoms with Gasteiger partial charge in [0.05, 0.1) is 0 Å². The normalized spacial score (nSPS) is 18.4. The molecule has 126 valence electrons. The molecule has 1 aliphatic carbocycles. The molecule has 1 N–H and O–H groups in total. The molecular weight excluding hydrogens is 279 g/mol. The lowest BCUT2D eigenvalue weighted by Gasteiger charge is -2.47. The molecule has 0 aromatic rings. The minimum absolute atomic E-state index is 0.379. The van der Waals surface area contributed by atoms with E-state index in [9.17, 15) is 4.89 Å². The lowest BCUT2D eigenvalue weighted by Crippen LogP contribution is -2.51. The summed E-state index contributed by atoms with van der Waals surface area (Å²) in [5, 5.41) is 0. The zero-order chi connectivity index (χ0) is 16.4. The minimum atomic E-state index is -2.30. The van der Waals surface area contributed by atoms with E-state index in [1.54, 1.807) is 0 Å². The first-order valence-corrected chi connectivity index (χ1v) is 10.5. The molecule has 0 spiro atoms. The number of hydrogen-bond acceptors (Lipinski definition) is 3. The number of hydrogen-bond donors (Lipinski definition) is 1. The Balaban J connectivity index is 3.32. The quantitative estimate of drug-likeness (QED) is 0.675. The standard InChI is InChI=1S/C17H38N2OP/c1-13(2)18(14(3)4)21(20,17-11-9-10-12-17)19(15(5)6)16(7)8/h13-17,20H,9-12H2,1-8H3/q+1. The van der Waals surface area contributed by atoms with Crippen LogP contribution in [0.4, 0.5) is 0 Å². The van der Waals surface area contributed by atoms with Crippen LogP contribution in [-0.2, 0) is 0 Å². The topological polar surface area (TPSA) is 26.7 Å². The number of rotatable bonds is 7. The summed E-state index contributed by atoms with van der Waals surface area (Å²) in [7, 11) is -2.30. The first-order valence-electron chi connectivity index (χ1n) is 8.83. The summed E-state index contributed by atoms with van der Waals surface area (Å²) in [5.41, 5.74) is 0.465. The van der Waals surface area contributed by atoms with E-state index in [-0.39, 0.29) is 0 Å². The van der Waals surface area contributed by atoms with Gasteiger partial charge in [-0.15, -0.1) is 9.34 Å². The van der Waals surface area contributed by atoms with Crippen LogP contribution < -0.4 is 0 Å². The van der Waals surface area contributed by atoms with Crippen molar-refractivity contribution in [2.24, 2.45) is 0 Å². The maximum atomic E-state index is 12.1. The summed E-state index contributed by atoms with van der Waals surface area (Å²) < 4.78 is 4.89. The van der Waals surface area contributed by atoms with E-state index in [4.69, 9.17) is 0 Å². The first kappa shape index (κ1) is 19.4. The third kappa shape index (κ3) is 3.99. The second kappa shape index (κ2) is 7.73. The van der Waals surface area contributed by atoms with Crippen LogP contribution in [0.3, 0.4) is 0 Å². The van der Waals surface area contributed by atoms with Crippen LogP contribution in [-0.4, -0.2) is 44.1 Å². The van der Waals surface area contributed by atoms with Crippen LogP contribution in [0, 0.1) is 0 Å². The van der Waals surface area contributed by atoms with Crippen molar-refractivity contribution in [1.82, 2.24) is 9.34 Å². The van der Waals surface area contributed by atoms with Gasteiger partial charge < -0.3 is 0 Å². The molecule has 1 saturated carbocycles. The SMILES string of the molecule is CC(C)N(C(C)C)[P+](O)(C1CCCC1)N(C(C)C)C(C)C. The van der Waals surface area contributed by atoms with Gasteiger partial charge in [0.25, 0.3) is 7.79 Å². The fourth-order valence-electron chi connectivity index (χ4n) is 4.30. The zero-order valence-corrected chi connectivity index (χ0v) is 16.4. The van der Waals surface area contributed by atoms with Gasteiger partial charge in [0.1, 0.15) is 5.66 Å². The van der Waals surface area contributed by atoms with Crippen LogP contribution in [0.25, 0.3) is 0 Å². The van der Waals surface area contributed by atoms with E-state index in [1.807, 2.05) is 0 Å². The van der Waals surface area contributed by atoms with Crippen molar-refractivity contribution in [2.75, 3.05) is 0 Å². The summed E-state index contributed by atoms with van der Waals surface area (Å²) in [6.07, 6.45) is 4.94. The van der Waals surface area contributed by atoms with Crippen molar-refractivity contribution in [3.63, 3.8) is 0 Å². The van der Waals surface area contributed by atoms with E-state index in [0.29, 0.717) is 29.8 Å². The van der Waals surface area contributed by atoms with Gasteiger partial charge in [0.15, 0.2) is 0 Å². The molecule has 0 amide bonds. The van der Waals surface area contributed by atoms with E-state index in [0.717, 1.165) is 0 Å². The number of nitrogens with zero attached hydrogens (tertiary/aromatic N) is 2. The third-order valence-corrected chi connectivity index (χ3v) is 9.31. The molecule has 0 heterocycles. The average Bonchev–Trinajstić information content (AvgIpc) is 2.79. The Kier molecular flexibility index (Phi) is 7.12. The molecule has 0 unspecified atom stereocenters. The van der Waals surface area contributed by atoms with Gasteiger partial charge in [-0.25, -0.2) is 4.89 Å². The molecule has 3 nitrogen and oxygen atoms in total. The van der Waals surface area contributed by atoms with Gasteiger partial charge >= 0.3 is 0 Å². The van der Waals surface area contributed by atoms with Crippen molar-refractivity contribution in [3.05, 3.63) is 0 Å². The van der Waals surface area contributed by atoms with Gasteiger partial charge in [-0.2, -0.15) is 0 Å². The summed E-state index contributed by atoms with van der Waals surface area (Å²) in [6, 6.07) is 1.51. The van der Waals surface area contributed by atoms with Crippen molar-refractivity contribution in [3.8, 4) is 0 Å². The van der Waals surface area contributed by atoms with Gasteiger partial charge in [-0.1, -0.05) is 0 Å². The fourth-order valence-corrected chi connectivity index (χ4v) is 9.07. The van der Waals surface area contributed by atoms with Gasteiger partial charge in [-0.3, -0.25) is 0 Å². The molecule has 0 aromatic heterocycles. The van der Waals surface area contributed by atoms with E-state index >= 15 is 0 Å². The van der Waals surface area contributed by atoms with Crippen molar-refractivity contribution < 1.29 is 4.89 Å². The third-order valence-electron chi connectivity index (χ3n) is 4.61. The molecule has 0 atom stereocenters. The molecule has 1 fully saturated rings. The van der Waals surface area contributed by atoms with E-state index in [2.05, 4.69) is 64.7 Å². The Morgan fingerprint density at radius 2 is 1.00 bits per heavy atom. The summed E-state index contributed by atoms with van der Waals surface area (Å²) >= 11 is 0. The molecule has 0 aliphatic heterocycles. The predicted octanol–water partition coefficient (Wildman–Crippen LogP) is 4.92. The molecule has 0 radical (unpaired) electrons. The first-order chi connectivity index (χ1) is 9.63. The summed E-state index contributed by atoms with van der Waals surface area (Å²) in [4.78, 5) is 12.1. The largest absolute Gasteiger partial charge is 0.289 e. The Labute approximate surface area is 133 Å². The Hall–Kier alpha value is 0.310. The van der Waals surface area contributed by atoms with Crippen LogP contribution in [0.1, 0.15) is 81.1 Å². The average molecular weight is 317 g/mol. The highest BCUT2D eigenvalue weighted by atomic mass is 31.2. The van der Waals surface area contributed by atoms with Crippen molar-refractivity contribution >= 4 is 7.79 Å². The second-order valence-electron chi connectivity index (χ2n) is 7.69. The predicted molar refractivity (Wildman–Crippen MR) is 95.6 cm³/mol. The molecule has 0 aromatic carbocycles. The smallest absolute Gasteiger partial charge is 0.213 e. The van der Waals surface area contributed by atoms with Gasteiger partial charge in [0, 0.05) is 24.2 Å². The van der Waals surface area contributed by atoms with Gasteiger partial charge in [-0.05, 0) is 81.1 Å². The molecule has 21 heavy (non-hydrogen) atoms. The molecule has 0 bridgehead atoms. The lowest BCUT2D eigenvalue weighted by atomic mass is 10.3. The maximum absolute atomic E-state index is 12.1. The summed E-state index contributed by atoms with van der Waals surface area (Å²) in [6.45, 7) is 17.9. The molecule has 0 saturated heterocycles. The van der Waals surface area contributed by atoms with E-state index < -0.39 is 7.79 Å². The van der Waals surface area contributed by atoms with Crippen LogP contribution >= 0.6 is 7.79 Å². The Morgan fingerprint density at radius 3 is 1.24 bits per heavy atom. The van der Waals surface area contributed by atoms with Crippen LogP contribution in [0.15, 0.2) is 0 Å². The maximum Gasteiger partial charge on any atom is 0.289 e. The summed E-state index contributed by atoms with van der Waals surface area (Å²) in [5.74, 6) is 0. The lowest BCUT2D eigenvalue weighted by molar-refractivity contribution is 0.197. The molecule has 1 rings (SSSR count). The van der Waals surface area contributed by atoms with Crippen molar-refractivity contribution in [1.29, 1.82) is 0 Å². The van der Waals surface area contributed by atoms with Gasteiger partial charge in [0.2, 0.25) is 0 Å². The molecule has 4 heteroatoms. The Bertz CT molecular complexity index is 276.